The number of aryl methyl sites for hydroxylation is 1. The maximum absolute atomic E-state index is 11.6. The van der Waals surface area contributed by atoms with Gasteiger partial charge in [-0.15, -0.1) is 0 Å². The topological polar surface area (TPSA) is 99.8 Å². The van der Waals surface area contributed by atoms with Gasteiger partial charge in [0.15, 0.2) is 0 Å². The van der Waals surface area contributed by atoms with Gasteiger partial charge in [-0.25, -0.2) is 18.1 Å². The van der Waals surface area contributed by atoms with Crippen LogP contribution >= 0.6 is 0 Å². The van der Waals surface area contributed by atoms with Crippen LogP contribution in [0.4, 0.5) is 0 Å². The Morgan fingerprint density at radius 3 is 2.78 bits per heavy atom. The van der Waals surface area contributed by atoms with E-state index in [2.05, 4.69) is 25.2 Å². The summed E-state index contributed by atoms with van der Waals surface area (Å²) >= 11 is 0. The normalized spacial score (nSPS) is 11.8. The highest BCUT2D eigenvalue weighted by Gasteiger charge is 2.08. The van der Waals surface area contributed by atoms with Crippen molar-refractivity contribution in [3.63, 3.8) is 0 Å². The highest BCUT2D eigenvalue weighted by Crippen LogP contribution is 1.96. The molecule has 0 saturated heterocycles. The van der Waals surface area contributed by atoms with Crippen LogP contribution in [0.2, 0.25) is 0 Å². The summed E-state index contributed by atoms with van der Waals surface area (Å²) in [4.78, 5) is 3.97. The standard InChI is InChI=1S/C10H21N5O2S/c1-11-6-2-3-8-18(16,17)14-7-4-5-10-12-9-13-15-10/h9,11,14H,2-8H2,1H3,(H,12,13,15). The number of nitrogens with one attached hydrogen (secondary N) is 3. The zero-order valence-corrected chi connectivity index (χ0v) is 11.5. The molecule has 1 heterocycles. The molecule has 3 N–H and O–H groups in total. The summed E-state index contributed by atoms with van der Waals surface area (Å²) in [7, 11) is -1.27. The van der Waals surface area contributed by atoms with Crippen molar-refractivity contribution in [3.8, 4) is 0 Å². The Labute approximate surface area is 108 Å². The van der Waals surface area contributed by atoms with Crippen LogP contribution in [-0.2, 0) is 16.4 Å². The van der Waals surface area contributed by atoms with E-state index in [-0.39, 0.29) is 5.75 Å². The van der Waals surface area contributed by atoms with Gasteiger partial charge in [-0.2, -0.15) is 5.10 Å². The number of aromatic nitrogens is 3. The summed E-state index contributed by atoms with van der Waals surface area (Å²) in [5.41, 5.74) is 0. The quantitative estimate of drug-likeness (QED) is 0.507. The second-order valence-corrected chi connectivity index (χ2v) is 5.99. The van der Waals surface area contributed by atoms with Gasteiger partial charge in [0.05, 0.1) is 5.75 Å². The summed E-state index contributed by atoms with van der Waals surface area (Å²) < 4.78 is 25.8. The molecule has 0 amide bonds. The molecule has 0 unspecified atom stereocenters. The zero-order valence-electron chi connectivity index (χ0n) is 10.6. The molecule has 0 spiro atoms. The maximum Gasteiger partial charge on any atom is 0.211 e. The van der Waals surface area contributed by atoms with Gasteiger partial charge in [0.25, 0.3) is 0 Å². The predicted molar refractivity (Wildman–Crippen MR) is 69.7 cm³/mol. The molecule has 0 aliphatic heterocycles. The highest BCUT2D eigenvalue weighted by atomic mass is 32.2. The first-order chi connectivity index (χ1) is 8.64. The van der Waals surface area contributed by atoms with Crippen molar-refractivity contribution in [3.05, 3.63) is 12.2 Å². The fourth-order valence-electron chi connectivity index (χ4n) is 1.50. The van der Waals surface area contributed by atoms with Crippen molar-refractivity contribution in [2.75, 3.05) is 25.9 Å². The molecule has 0 aliphatic carbocycles. The van der Waals surface area contributed by atoms with E-state index in [0.717, 1.165) is 18.8 Å². The number of nitrogens with zero attached hydrogens (tertiary/aromatic N) is 2. The third-order valence-electron chi connectivity index (χ3n) is 2.47. The molecule has 0 radical (unpaired) electrons. The number of H-pyrrole nitrogens is 1. The van der Waals surface area contributed by atoms with Crippen LogP contribution in [0.1, 0.15) is 25.1 Å². The second-order valence-electron chi connectivity index (χ2n) is 4.06. The summed E-state index contributed by atoms with van der Waals surface area (Å²) in [5.74, 6) is 0.972. The smallest absolute Gasteiger partial charge is 0.211 e. The first kappa shape index (κ1) is 15.1. The van der Waals surface area contributed by atoms with E-state index in [9.17, 15) is 8.42 Å². The van der Waals surface area contributed by atoms with Gasteiger partial charge < -0.3 is 5.32 Å². The SMILES string of the molecule is CNCCCCS(=O)(=O)NCCCc1ncn[nH]1. The number of aromatic amines is 1. The van der Waals surface area contributed by atoms with E-state index in [4.69, 9.17) is 0 Å². The fraction of sp³-hybridized carbons (Fsp3) is 0.800. The summed E-state index contributed by atoms with van der Waals surface area (Å²) in [6.07, 6.45) is 4.40. The minimum absolute atomic E-state index is 0.191. The van der Waals surface area contributed by atoms with Crippen LogP contribution in [0.25, 0.3) is 0 Å². The molecular weight excluding hydrogens is 254 g/mol. The van der Waals surface area contributed by atoms with Gasteiger partial charge in [-0.1, -0.05) is 0 Å². The molecule has 1 rings (SSSR count). The second kappa shape index (κ2) is 8.17. The first-order valence-corrected chi connectivity index (χ1v) is 7.75. The number of sulfonamides is 1. The highest BCUT2D eigenvalue weighted by molar-refractivity contribution is 7.89. The molecule has 0 bridgehead atoms. The molecule has 0 saturated carbocycles. The molecule has 1 aromatic rings. The average molecular weight is 275 g/mol. The van der Waals surface area contributed by atoms with Gasteiger partial charge >= 0.3 is 0 Å². The maximum atomic E-state index is 11.6. The van der Waals surface area contributed by atoms with Crippen molar-refractivity contribution in [1.29, 1.82) is 0 Å². The van der Waals surface area contributed by atoms with Gasteiger partial charge in [-0.05, 0) is 32.9 Å². The Kier molecular flexibility index (Phi) is 6.84. The predicted octanol–water partition coefficient (Wildman–Crippen LogP) is -0.344. The van der Waals surface area contributed by atoms with Crippen molar-refractivity contribution >= 4 is 10.0 Å². The van der Waals surface area contributed by atoms with E-state index < -0.39 is 10.0 Å². The van der Waals surface area contributed by atoms with Crippen molar-refractivity contribution < 1.29 is 8.42 Å². The van der Waals surface area contributed by atoms with E-state index in [1.807, 2.05) is 7.05 Å². The molecule has 0 aliphatic rings. The van der Waals surface area contributed by atoms with E-state index in [1.165, 1.54) is 6.33 Å². The lowest BCUT2D eigenvalue weighted by Crippen LogP contribution is -2.28. The molecule has 1 aromatic heterocycles. The lowest BCUT2D eigenvalue weighted by Gasteiger charge is -2.05. The first-order valence-electron chi connectivity index (χ1n) is 6.10. The van der Waals surface area contributed by atoms with Gasteiger partial charge in [0, 0.05) is 13.0 Å². The largest absolute Gasteiger partial charge is 0.320 e. The van der Waals surface area contributed by atoms with E-state index in [1.54, 1.807) is 0 Å². The van der Waals surface area contributed by atoms with Crippen LogP contribution in [0, 0.1) is 0 Å². The molecular formula is C10H21N5O2S. The summed E-state index contributed by atoms with van der Waals surface area (Å²) in [5, 5.41) is 9.46. The molecule has 7 nitrogen and oxygen atoms in total. The van der Waals surface area contributed by atoms with E-state index in [0.29, 0.717) is 25.8 Å². The fourth-order valence-corrected chi connectivity index (χ4v) is 2.68. The zero-order chi connectivity index (χ0) is 13.3. The summed E-state index contributed by atoms with van der Waals surface area (Å²) in [6.45, 7) is 1.29. The number of hydrogen-bond donors (Lipinski definition) is 3. The molecule has 0 atom stereocenters. The van der Waals surface area contributed by atoms with Crippen LogP contribution < -0.4 is 10.0 Å². The number of hydrogen-bond acceptors (Lipinski definition) is 5. The Morgan fingerprint density at radius 2 is 2.11 bits per heavy atom. The van der Waals surface area contributed by atoms with Crippen LogP contribution in [0.3, 0.4) is 0 Å². The van der Waals surface area contributed by atoms with Crippen molar-refractivity contribution in [1.82, 2.24) is 25.2 Å². The number of unbranched alkanes of at least 4 members (excludes halogenated alkanes) is 1. The van der Waals surface area contributed by atoms with Gasteiger partial charge in [0.2, 0.25) is 10.0 Å². The third-order valence-corrected chi connectivity index (χ3v) is 3.94. The van der Waals surface area contributed by atoms with E-state index >= 15 is 0 Å². The van der Waals surface area contributed by atoms with Gasteiger partial charge in [0.1, 0.15) is 12.2 Å². The average Bonchev–Trinajstić information content (AvgIpc) is 2.83. The summed E-state index contributed by atoms with van der Waals surface area (Å²) in [6, 6.07) is 0. The lowest BCUT2D eigenvalue weighted by atomic mass is 10.3. The number of rotatable bonds is 10. The monoisotopic (exact) mass is 275 g/mol. The molecule has 0 aromatic carbocycles. The van der Waals surface area contributed by atoms with Crippen molar-refractivity contribution in [2.45, 2.75) is 25.7 Å². The Hall–Kier alpha value is -0.990. The van der Waals surface area contributed by atoms with Crippen LogP contribution in [0.5, 0.6) is 0 Å². The molecule has 104 valence electrons. The molecule has 18 heavy (non-hydrogen) atoms. The Balaban J connectivity index is 2.09. The Bertz CT molecular complexity index is 404. The van der Waals surface area contributed by atoms with Crippen LogP contribution in [-0.4, -0.2) is 49.5 Å². The van der Waals surface area contributed by atoms with Gasteiger partial charge in [-0.3, -0.25) is 5.10 Å². The van der Waals surface area contributed by atoms with Crippen LogP contribution in [0.15, 0.2) is 6.33 Å². The molecule has 8 heteroatoms. The molecule has 0 fully saturated rings. The Morgan fingerprint density at radius 1 is 1.28 bits per heavy atom. The van der Waals surface area contributed by atoms with Crippen molar-refractivity contribution in [2.24, 2.45) is 0 Å². The minimum Gasteiger partial charge on any atom is -0.320 e. The minimum atomic E-state index is -3.13. The third kappa shape index (κ3) is 6.67. The lowest BCUT2D eigenvalue weighted by molar-refractivity contribution is 0.572.